The van der Waals surface area contributed by atoms with Gasteiger partial charge in [-0.2, -0.15) is 0 Å². The van der Waals surface area contributed by atoms with E-state index in [0.717, 1.165) is 40.9 Å². The molecule has 1 amide bonds. The summed E-state index contributed by atoms with van der Waals surface area (Å²) in [6.45, 7) is 6.70. The van der Waals surface area contributed by atoms with Gasteiger partial charge in [-0.25, -0.2) is 4.98 Å². The van der Waals surface area contributed by atoms with Gasteiger partial charge in [0.25, 0.3) is 0 Å². The zero-order valence-corrected chi connectivity index (χ0v) is 16.3. The third-order valence-corrected chi connectivity index (χ3v) is 5.63. The Bertz CT molecular complexity index is 1090. The zero-order chi connectivity index (χ0) is 19.5. The molecule has 3 heterocycles. The highest BCUT2D eigenvalue weighted by molar-refractivity contribution is 6.01. The van der Waals surface area contributed by atoms with Crippen LogP contribution in [0.3, 0.4) is 0 Å². The summed E-state index contributed by atoms with van der Waals surface area (Å²) in [5.41, 5.74) is 3.42. The van der Waals surface area contributed by atoms with Crippen molar-refractivity contribution >= 4 is 22.8 Å². The number of nitrogens with zero attached hydrogens (tertiary/aromatic N) is 1. The van der Waals surface area contributed by atoms with Crippen LogP contribution in [-0.4, -0.2) is 22.7 Å². The van der Waals surface area contributed by atoms with Crippen LogP contribution in [0.5, 0.6) is 11.5 Å². The molecule has 0 saturated heterocycles. The number of hydrogen-bond acceptors (Lipinski definition) is 4. The number of aromatic nitrogens is 2. The van der Waals surface area contributed by atoms with Crippen LogP contribution >= 0.6 is 0 Å². The van der Waals surface area contributed by atoms with Crippen molar-refractivity contribution in [2.75, 3.05) is 12.1 Å². The second-order valence-corrected chi connectivity index (χ2v) is 8.67. The lowest BCUT2D eigenvalue weighted by Gasteiger charge is -2.16. The highest BCUT2D eigenvalue weighted by Crippen LogP contribution is 2.51. The molecular formula is C22H23N3O3. The fraction of sp³-hybridized carbons (Fsp3) is 0.364. The van der Waals surface area contributed by atoms with Crippen molar-refractivity contribution in [2.45, 2.75) is 44.4 Å². The van der Waals surface area contributed by atoms with Crippen molar-refractivity contribution in [3.8, 4) is 11.5 Å². The van der Waals surface area contributed by atoms with E-state index in [4.69, 9.17) is 9.47 Å². The van der Waals surface area contributed by atoms with Gasteiger partial charge in [0.15, 0.2) is 11.5 Å². The summed E-state index contributed by atoms with van der Waals surface area (Å²) in [6.07, 6.45) is 1.64. The molecule has 1 aliphatic carbocycles. The summed E-state index contributed by atoms with van der Waals surface area (Å²) in [6, 6.07) is 11.6. The van der Waals surface area contributed by atoms with Gasteiger partial charge in [0.2, 0.25) is 12.7 Å². The third kappa shape index (κ3) is 2.71. The monoisotopic (exact) mass is 377 g/mol. The van der Waals surface area contributed by atoms with Crippen molar-refractivity contribution in [3.05, 3.63) is 47.7 Å². The third-order valence-electron chi connectivity index (χ3n) is 5.63. The molecule has 6 heteroatoms. The Kier molecular flexibility index (Phi) is 3.50. The molecule has 6 nitrogen and oxygen atoms in total. The van der Waals surface area contributed by atoms with E-state index in [0.29, 0.717) is 11.6 Å². The Morgan fingerprint density at radius 3 is 2.64 bits per heavy atom. The molecule has 5 rings (SSSR count). The summed E-state index contributed by atoms with van der Waals surface area (Å²) in [7, 11) is 0. The van der Waals surface area contributed by atoms with Gasteiger partial charge in [-0.3, -0.25) is 4.79 Å². The van der Waals surface area contributed by atoms with Gasteiger partial charge in [-0.1, -0.05) is 26.8 Å². The average molecular weight is 377 g/mol. The van der Waals surface area contributed by atoms with E-state index in [1.807, 2.05) is 30.3 Å². The molecule has 2 N–H and O–H groups in total. The second-order valence-electron chi connectivity index (χ2n) is 8.67. The molecule has 1 saturated carbocycles. The van der Waals surface area contributed by atoms with Gasteiger partial charge >= 0.3 is 0 Å². The van der Waals surface area contributed by atoms with E-state index in [2.05, 4.69) is 42.1 Å². The number of pyridine rings is 1. The van der Waals surface area contributed by atoms with Gasteiger partial charge in [-0.05, 0) is 48.7 Å². The van der Waals surface area contributed by atoms with Crippen LogP contribution in [0.2, 0.25) is 0 Å². The molecule has 0 radical (unpaired) electrons. The lowest BCUT2D eigenvalue weighted by atomic mass is 9.93. The Balaban J connectivity index is 1.40. The van der Waals surface area contributed by atoms with Gasteiger partial charge in [0, 0.05) is 11.1 Å². The maximum absolute atomic E-state index is 13.1. The Hall–Kier alpha value is -3.02. The maximum atomic E-state index is 13.1. The van der Waals surface area contributed by atoms with Gasteiger partial charge in [0.05, 0.1) is 16.4 Å². The van der Waals surface area contributed by atoms with Gasteiger partial charge in [0.1, 0.15) is 5.82 Å². The molecule has 1 fully saturated rings. The van der Waals surface area contributed by atoms with E-state index in [1.165, 1.54) is 0 Å². The highest BCUT2D eigenvalue weighted by Gasteiger charge is 2.51. The number of ether oxygens (including phenoxy) is 2. The number of rotatable bonds is 3. The SMILES string of the molecule is CC(C)(C)c1cc2nc(NC(=O)C3(c4ccc5c(c4)OCO5)CC3)ccc2[nH]1. The van der Waals surface area contributed by atoms with E-state index >= 15 is 0 Å². The smallest absolute Gasteiger partial charge is 0.236 e. The number of carbonyl (C=O) groups is 1. The van der Waals surface area contributed by atoms with Crippen molar-refractivity contribution < 1.29 is 14.3 Å². The topological polar surface area (TPSA) is 76.2 Å². The summed E-state index contributed by atoms with van der Waals surface area (Å²) in [5, 5.41) is 3.02. The van der Waals surface area contributed by atoms with Crippen molar-refractivity contribution in [1.29, 1.82) is 0 Å². The Labute approximate surface area is 163 Å². The fourth-order valence-corrected chi connectivity index (χ4v) is 3.68. The molecule has 3 aromatic rings. The molecule has 0 spiro atoms. The number of anilines is 1. The Morgan fingerprint density at radius 2 is 1.89 bits per heavy atom. The van der Waals surface area contributed by atoms with E-state index in [-0.39, 0.29) is 18.1 Å². The number of hydrogen-bond donors (Lipinski definition) is 2. The zero-order valence-electron chi connectivity index (χ0n) is 16.3. The molecule has 1 aromatic carbocycles. The van der Waals surface area contributed by atoms with Crippen LogP contribution in [0.25, 0.3) is 11.0 Å². The minimum absolute atomic E-state index is 0.0154. The maximum Gasteiger partial charge on any atom is 0.236 e. The summed E-state index contributed by atoms with van der Waals surface area (Å²) in [5.74, 6) is 1.99. The van der Waals surface area contributed by atoms with Crippen LogP contribution in [-0.2, 0) is 15.6 Å². The quantitative estimate of drug-likeness (QED) is 0.715. The molecule has 0 atom stereocenters. The predicted molar refractivity (Wildman–Crippen MR) is 107 cm³/mol. The molecule has 2 aliphatic rings. The predicted octanol–water partition coefficient (Wildman–Crippen LogP) is 4.26. The van der Waals surface area contributed by atoms with Crippen molar-refractivity contribution in [3.63, 3.8) is 0 Å². The first-order chi connectivity index (χ1) is 13.3. The lowest BCUT2D eigenvalue weighted by Crippen LogP contribution is -2.28. The normalized spacial score (nSPS) is 17.0. The first-order valence-electron chi connectivity index (χ1n) is 9.57. The van der Waals surface area contributed by atoms with E-state index in [9.17, 15) is 4.79 Å². The van der Waals surface area contributed by atoms with Gasteiger partial charge in [-0.15, -0.1) is 0 Å². The van der Waals surface area contributed by atoms with Crippen molar-refractivity contribution in [1.82, 2.24) is 9.97 Å². The largest absolute Gasteiger partial charge is 0.454 e. The summed E-state index contributed by atoms with van der Waals surface area (Å²) >= 11 is 0. The van der Waals surface area contributed by atoms with Crippen LogP contribution in [0.1, 0.15) is 44.9 Å². The van der Waals surface area contributed by atoms with E-state index in [1.54, 1.807) is 0 Å². The highest BCUT2D eigenvalue weighted by atomic mass is 16.7. The number of H-pyrrole nitrogens is 1. The van der Waals surface area contributed by atoms with Crippen LogP contribution < -0.4 is 14.8 Å². The van der Waals surface area contributed by atoms with Gasteiger partial charge < -0.3 is 19.8 Å². The Morgan fingerprint density at radius 1 is 1.11 bits per heavy atom. The molecule has 0 bridgehead atoms. The molecule has 144 valence electrons. The minimum atomic E-state index is -0.508. The number of amides is 1. The molecule has 2 aromatic heterocycles. The van der Waals surface area contributed by atoms with Crippen LogP contribution in [0, 0.1) is 0 Å². The number of carbonyl (C=O) groups excluding carboxylic acids is 1. The van der Waals surface area contributed by atoms with E-state index < -0.39 is 5.41 Å². The molecular weight excluding hydrogens is 354 g/mol. The molecule has 0 unspecified atom stereocenters. The number of fused-ring (bicyclic) bond motifs is 2. The van der Waals surface area contributed by atoms with Crippen LogP contribution in [0.15, 0.2) is 36.4 Å². The summed E-state index contributed by atoms with van der Waals surface area (Å²) < 4.78 is 10.8. The first kappa shape index (κ1) is 17.1. The molecule has 28 heavy (non-hydrogen) atoms. The fourth-order valence-electron chi connectivity index (χ4n) is 3.68. The molecule has 1 aliphatic heterocycles. The minimum Gasteiger partial charge on any atom is -0.454 e. The second kappa shape index (κ2) is 5.74. The average Bonchev–Trinajstić information content (AvgIpc) is 3.13. The van der Waals surface area contributed by atoms with Crippen LogP contribution in [0.4, 0.5) is 5.82 Å². The number of aromatic amines is 1. The first-order valence-corrected chi connectivity index (χ1v) is 9.57. The van der Waals surface area contributed by atoms with Crippen molar-refractivity contribution in [2.24, 2.45) is 0 Å². The number of nitrogens with one attached hydrogen (secondary N) is 2. The lowest BCUT2D eigenvalue weighted by molar-refractivity contribution is -0.118. The number of benzene rings is 1. The standard InChI is InChI=1S/C22H23N3O3/c1-21(2,3)18-11-15-14(23-18)5-7-19(24-15)25-20(26)22(8-9-22)13-4-6-16-17(10-13)28-12-27-16/h4-7,10-11,23H,8-9,12H2,1-3H3,(H,24,25,26). The summed E-state index contributed by atoms with van der Waals surface area (Å²) in [4.78, 5) is 21.1.